The number of rotatable bonds is 3. The van der Waals surface area contributed by atoms with Crippen LogP contribution in [0.1, 0.15) is 13.8 Å². The fourth-order valence-electron chi connectivity index (χ4n) is 1.48. The van der Waals surface area contributed by atoms with Gasteiger partial charge in [0.05, 0.1) is 16.1 Å². The minimum absolute atomic E-state index is 0.256. The van der Waals surface area contributed by atoms with Crippen molar-refractivity contribution in [3.63, 3.8) is 0 Å². The van der Waals surface area contributed by atoms with Gasteiger partial charge in [0.15, 0.2) is 18.2 Å². The topological polar surface area (TPSA) is 141 Å². The van der Waals surface area contributed by atoms with Gasteiger partial charge in [-0.1, -0.05) is 27.7 Å². The zero-order chi connectivity index (χ0) is 17.8. The Bertz CT molecular complexity index is 656. The molecule has 0 amide bonds. The van der Waals surface area contributed by atoms with Crippen molar-refractivity contribution in [3.05, 3.63) is 28.7 Å². The molecular weight excluding hydrogens is 436 g/mol. The van der Waals surface area contributed by atoms with Gasteiger partial charge in [0.25, 0.3) is 0 Å². The van der Waals surface area contributed by atoms with Gasteiger partial charge in [-0.15, -0.1) is 10.2 Å². The van der Waals surface area contributed by atoms with E-state index in [9.17, 15) is 8.42 Å². The first-order valence-electron chi connectivity index (χ1n) is 6.09. The lowest BCUT2D eigenvalue weighted by atomic mass is 10.1. The van der Waals surface area contributed by atoms with Gasteiger partial charge in [0, 0.05) is 4.47 Å². The molecule has 0 aromatic heterocycles. The maximum absolute atomic E-state index is 12.1. The van der Waals surface area contributed by atoms with Crippen molar-refractivity contribution in [2.45, 2.75) is 24.0 Å². The van der Waals surface area contributed by atoms with Gasteiger partial charge in [0.2, 0.25) is 0 Å². The predicted octanol–water partition coefficient (Wildman–Crippen LogP) is -2.34. The van der Waals surface area contributed by atoms with E-state index >= 15 is 0 Å². The first-order chi connectivity index (χ1) is 10.4. The number of benzene rings is 1. The van der Waals surface area contributed by atoms with Crippen LogP contribution in [0, 0.1) is 16.2 Å². The maximum Gasteiger partial charge on any atom is 0.307 e. The molecule has 1 heterocycles. The third kappa shape index (κ3) is 7.81. The van der Waals surface area contributed by atoms with E-state index in [1.807, 2.05) is 6.21 Å². The predicted molar refractivity (Wildman–Crippen MR) is 77.0 cm³/mol. The molecule has 1 N–H and O–H groups in total. The second kappa shape index (κ2) is 8.12. The summed E-state index contributed by atoms with van der Waals surface area (Å²) in [7, 11) is -8.45. The minimum atomic E-state index is -4.94. The van der Waals surface area contributed by atoms with Crippen LogP contribution < -0.4 is 23.5 Å². The molecule has 0 spiro atoms. The van der Waals surface area contributed by atoms with Gasteiger partial charge >= 0.3 is 10.0 Å². The lowest BCUT2D eigenvalue weighted by molar-refractivity contribution is -2.00. The Morgan fingerprint density at radius 1 is 1.17 bits per heavy atom. The second-order valence-corrected chi connectivity index (χ2v) is 9.25. The van der Waals surface area contributed by atoms with Crippen molar-refractivity contribution in [3.8, 4) is 0 Å². The molecule has 1 aromatic carbocycles. The number of hydrogen-bond acceptors (Lipinski definition) is 7. The monoisotopic (exact) mass is 448 g/mol. The van der Waals surface area contributed by atoms with Crippen LogP contribution >= 0.6 is 27.9 Å². The molecule has 0 saturated heterocycles. The molecule has 0 radical (unpaired) electrons. The minimum Gasteiger partial charge on any atom is -0.222 e. The highest BCUT2D eigenvalue weighted by atomic mass is 79.9. The summed E-state index contributed by atoms with van der Waals surface area (Å²) >= 11 is 4.76. The summed E-state index contributed by atoms with van der Waals surface area (Å²) in [4.78, 5) is 2.81. The lowest BCUT2D eigenvalue weighted by Gasteiger charge is -2.17. The summed E-state index contributed by atoms with van der Waals surface area (Å²) in [6.07, 6.45) is 1.88. The van der Waals surface area contributed by atoms with Gasteiger partial charge in [-0.3, -0.25) is 0 Å². The van der Waals surface area contributed by atoms with Crippen LogP contribution in [-0.4, -0.2) is 24.0 Å². The molecule has 0 bridgehead atoms. The van der Waals surface area contributed by atoms with Gasteiger partial charge in [-0.25, -0.2) is 18.6 Å². The van der Waals surface area contributed by atoms with E-state index in [4.69, 9.17) is 18.6 Å². The largest absolute Gasteiger partial charge is 0.307 e. The average molecular weight is 450 g/mol. The van der Waals surface area contributed by atoms with Crippen molar-refractivity contribution < 1.29 is 41.4 Å². The van der Waals surface area contributed by atoms with E-state index in [1.54, 1.807) is 28.4 Å². The fourth-order valence-corrected chi connectivity index (χ4v) is 3.99. The summed E-state index contributed by atoms with van der Waals surface area (Å²) in [6, 6.07) is 6.56. The zero-order valence-corrected chi connectivity index (χ0v) is 16.0. The molecule has 23 heavy (non-hydrogen) atoms. The first kappa shape index (κ1) is 20.6. The molecule has 1 aliphatic heterocycles. The number of nitrogens with one attached hydrogen (secondary N) is 1. The molecular formula is C11H14BrClN2O6S2. The summed E-state index contributed by atoms with van der Waals surface area (Å²) in [5.41, 5.74) is 0. The van der Waals surface area contributed by atoms with Crippen LogP contribution in [0.25, 0.3) is 0 Å². The van der Waals surface area contributed by atoms with Crippen LogP contribution in [0.2, 0.25) is 0 Å². The van der Waals surface area contributed by atoms with E-state index in [-0.39, 0.29) is 4.90 Å². The van der Waals surface area contributed by atoms with Gasteiger partial charge in [-0.05, 0) is 35.3 Å². The normalized spacial score (nSPS) is 21.3. The Kier molecular flexibility index (Phi) is 7.29. The standard InChI is InChI=1S/C11H14BrN2O2S2.ClHO4/c1-8-7-14(17-9(8)2)13-18(15,16)11-5-3-10(12)4-6-11;2-1(3,4)5/h3-9,13H,1-2H3;(H,2,3,4,5)/q+1;/p-1. The Morgan fingerprint density at radius 3 is 2.04 bits per heavy atom. The van der Waals surface area contributed by atoms with Crippen molar-refractivity contribution in [2.75, 3.05) is 0 Å². The second-order valence-electron chi connectivity index (χ2n) is 4.57. The van der Waals surface area contributed by atoms with E-state index in [2.05, 4.69) is 34.6 Å². The first-order valence-corrected chi connectivity index (χ1v) is 10.4. The molecule has 12 heteroatoms. The molecule has 0 saturated carbocycles. The lowest BCUT2D eigenvalue weighted by Crippen LogP contribution is -2.68. The van der Waals surface area contributed by atoms with E-state index in [0.717, 1.165) is 4.47 Å². The van der Waals surface area contributed by atoms with Crippen molar-refractivity contribution in [2.24, 2.45) is 5.92 Å². The summed E-state index contributed by atoms with van der Waals surface area (Å²) in [5, 5.41) is 0.373. The summed E-state index contributed by atoms with van der Waals surface area (Å²) in [6.45, 7) is 4.13. The Balaban J connectivity index is 0.000000463. The number of nitrogens with zero attached hydrogens (tertiary/aromatic N) is 1. The highest BCUT2D eigenvalue weighted by Gasteiger charge is 2.33. The Labute approximate surface area is 148 Å². The summed E-state index contributed by atoms with van der Waals surface area (Å²) in [5.74, 6) is 0.350. The number of sulfonamides is 1. The number of hydrazine groups is 1. The quantitative estimate of drug-likeness (QED) is 0.402. The third-order valence-corrected chi connectivity index (χ3v) is 5.90. The van der Waals surface area contributed by atoms with Crippen LogP contribution in [-0.2, 0) is 10.0 Å². The number of hydrogen-bond donors (Lipinski definition) is 1. The molecule has 0 aliphatic carbocycles. The third-order valence-electron chi connectivity index (χ3n) is 2.72. The van der Waals surface area contributed by atoms with E-state index < -0.39 is 20.3 Å². The average Bonchev–Trinajstić information content (AvgIpc) is 2.65. The van der Waals surface area contributed by atoms with Gasteiger partial charge in [-0.2, -0.15) is 8.42 Å². The smallest absolute Gasteiger partial charge is 0.222 e. The fraction of sp³-hybridized carbons (Fsp3) is 0.364. The molecule has 1 aromatic rings. The molecule has 2 unspecified atom stereocenters. The van der Waals surface area contributed by atoms with Crippen molar-refractivity contribution in [1.29, 1.82) is 0 Å². The van der Waals surface area contributed by atoms with E-state index in [0.29, 0.717) is 11.2 Å². The molecule has 130 valence electrons. The molecule has 8 nitrogen and oxygen atoms in total. The number of hydrazone groups is 1. The van der Waals surface area contributed by atoms with Gasteiger partial charge < -0.3 is 0 Å². The van der Waals surface area contributed by atoms with Crippen molar-refractivity contribution >= 4 is 44.1 Å². The molecule has 1 aliphatic rings. The van der Waals surface area contributed by atoms with Crippen LogP contribution in [0.4, 0.5) is 0 Å². The number of halogens is 2. The molecule has 2 rings (SSSR count). The highest BCUT2D eigenvalue weighted by molar-refractivity contribution is 9.10. The van der Waals surface area contributed by atoms with E-state index in [1.165, 1.54) is 11.9 Å². The Morgan fingerprint density at radius 2 is 1.65 bits per heavy atom. The maximum atomic E-state index is 12.1. The van der Waals surface area contributed by atoms with Crippen molar-refractivity contribution in [1.82, 2.24) is 4.83 Å². The molecule has 0 fully saturated rings. The zero-order valence-electron chi connectivity index (χ0n) is 12.0. The van der Waals surface area contributed by atoms with Gasteiger partial charge in [0.1, 0.15) is 0 Å². The highest BCUT2D eigenvalue weighted by Crippen LogP contribution is 2.25. The Hall–Kier alpha value is -0.400. The van der Waals surface area contributed by atoms with Crippen LogP contribution in [0.15, 0.2) is 33.6 Å². The SMILES string of the molecule is CC1C=[N+](NS(=O)(=O)c2ccc(Br)cc2)SC1C.[O-][Cl+3]([O-])([O-])[O-]. The van der Waals surface area contributed by atoms with Crippen LogP contribution in [0.3, 0.4) is 0 Å². The van der Waals surface area contributed by atoms with Crippen LogP contribution in [0.5, 0.6) is 0 Å². The summed E-state index contributed by atoms with van der Waals surface area (Å²) < 4.78 is 60.6. The molecule has 2 atom stereocenters.